The zero-order valence-electron chi connectivity index (χ0n) is 14.7. The number of aromatic nitrogens is 2. The van der Waals surface area contributed by atoms with E-state index in [1.54, 1.807) is 28.0 Å². The van der Waals surface area contributed by atoms with E-state index in [0.717, 1.165) is 0 Å². The SMILES string of the molecule is COc1cccc(OC)c1C(=O)N1CCN(C(=O)c2cnccn2)CC1. The fraction of sp³-hybridized carbons (Fsp3) is 0.333. The summed E-state index contributed by atoms with van der Waals surface area (Å²) in [6.07, 6.45) is 4.45. The highest BCUT2D eigenvalue weighted by molar-refractivity contribution is 6.00. The van der Waals surface area contributed by atoms with Crippen LogP contribution in [-0.4, -0.2) is 72.0 Å². The predicted octanol–water partition coefficient (Wildman–Crippen LogP) is 1.09. The Kier molecular flexibility index (Phi) is 5.31. The number of hydrogen-bond acceptors (Lipinski definition) is 6. The molecule has 2 amide bonds. The number of amides is 2. The van der Waals surface area contributed by atoms with Crippen LogP contribution in [0.1, 0.15) is 20.8 Å². The number of carbonyl (C=O) groups excluding carboxylic acids is 2. The number of piperazine rings is 1. The molecule has 0 saturated carbocycles. The Morgan fingerprint density at radius 3 is 2.00 bits per heavy atom. The van der Waals surface area contributed by atoms with E-state index < -0.39 is 0 Å². The highest BCUT2D eigenvalue weighted by Crippen LogP contribution is 2.29. The largest absolute Gasteiger partial charge is 0.496 e. The maximum absolute atomic E-state index is 12.9. The number of rotatable bonds is 4. The molecule has 1 saturated heterocycles. The van der Waals surface area contributed by atoms with E-state index in [4.69, 9.17) is 9.47 Å². The van der Waals surface area contributed by atoms with E-state index >= 15 is 0 Å². The van der Waals surface area contributed by atoms with Crippen LogP contribution < -0.4 is 9.47 Å². The van der Waals surface area contributed by atoms with Crippen LogP contribution >= 0.6 is 0 Å². The summed E-state index contributed by atoms with van der Waals surface area (Å²) in [5.41, 5.74) is 0.699. The summed E-state index contributed by atoms with van der Waals surface area (Å²) in [6, 6.07) is 5.22. The van der Waals surface area contributed by atoms with Crippen LogP contribution in [0.5, 0.6) is 11.5 Å². The third-order valence-electron chi connectivity index (χ3n) is 4.28. The number of hydrogen-bond donors (Lipinski definition) is 0. The number of carbonyl (C=O) groups is 2. The molecule has 0 spiro atoms. The minimum absolute atomic E-state index is 0.175. The number of methoxy groups -OCH3 is 2. The first kappa shape index (κ1) is 17.7. The van der Waals surface area contributed by atoms with E-state index in [0.29, 0.717) is 48.9 Å². The Hall–Kier alpha value is -3.16. The predicted molar refractivity (Wildman–Crippen MR) is 93.4 cm³/mol. The van der Waals surface area contributed by atoms with Gasteiger partial charge in [-0.1, -0.05) is 6.07 Å². The van der Waals surface area contributed by atoms with Gasteiger partial charge in [0.2, 0.25) is 0 Å². The lowest BCUT2D eigenvalue weighted by molar-refractivity contribution is 0.0528. The lowest BCUT2D eigenvalue weighted by Gasteiger charge is -2.35. The molecule has 1 aliphatic heterocycles. The number of ether oxygens (including phenoxy) is 2. The molecule has 8 nitrogen and oxygen atoms in total. The molecule has 1 aromatic carbocycles. The zero-order valence-corrected chi connectivity index (χ0v) is 14.7. The van der Waals surface area contributed by atoms with E-state index in [9.17, 15) is 9.59 Å². The maximum Gasteiger partial charge on any atom is 0.274 e. The molecule has 8 heteroatoms. The van der Waals surface area contributed by atoms with Crippen LogP contribution in [0.3, 0.4) is 0 Å². The second kappa shape index (κ2) is 7.81. The second-order valence-corrected chi connectivity index (χ2v) is 5.71. The Balaban J connectivity index is 1.71. The smallest absolute Gasteiger partial charge is 0.274 e. The van der Waals surface area contributed by atoms with Crippen molar-refractivity contribution in [1.82, 2.24) is 19.8 Å². The summed E-state index contributed by atoms with van der Waals surface area (Å²) in [5.74, 6) is 0.575. The first-order chi connectivity index (χ1) is 12.7. The minimum Gasteiger partial charge on any atom is -0.496 e. The first-order valence-corrected chi connectivity index (χ1v) is 8.21. The van der Waals surface area contributed by atoms with Crippen molar-refractivity contribution in [1.29, 1.82) is 0 Å². The molecular weight excluding hydrogens is 336 g/mol. The molecule has 26 heavy (non-hydrogen) atoms. The molecule has 3 rings (SSSR count). The van der Waals surface area contributed by atoms with E-state index in [1.807, 2.05) is 0 Å². The zero-order chi connectivity index (χ0) is 18.5. The van der Waals surface area contributed by atoms with Crippen molar-refractivity contribution in [2.45, 2.75) is 0 Å². The van der Waals surface area contributed by atoms with Crippen molar-refractivity contribution in [3.63, 3.8) is 0 Å². The minimum atomic E-state index is -0.180. The normalized spacial score (nSPS) is 14.1. The highest BCUT2D eigenvalue weighted by Gasteiger charge is 2.29. The Bertz CT molecular complexity index is 767. The van der Waals surface area contributed by atoms with Gasteiger partial charge in [0.1, 0.15) is 22.8 Å². The van der Waals surface area contributed by atoms with Crippen LogP contribution in [0.15, 0.2) is 36.8 Å². The summed E-state index contributed by atoms with van der Waals surface area (Å²) in [5, 5.41) is 0. The molecule has 2 heterocycles. The quantitative estimate of drug-likeness (QED) is 0.815. The molecule has 0 bridgehead atoms. The molecule has 1 fully saturated rings. The molecule has 0 N–H and O–H groups in total. The van der Waals surface area contributed by atoms with E-state index in [2.05, 4.69) is 9.97 Å². The first-order valence-electron chi connectivity index (χ1n) is 8.21. The summed E-state index contributed by atoms with van der Waals surface area (Å²) < 4.78 is 10.6. The molecule has 0 atom stereocenters. The maximum atomic E-state index is 12.9. The monoisotopic (exact) mass is 356 g/mol. The van der Waals surface area contributed by atoms with Gasteiger partial charge < -0.3 is 19.3 Å². The average Bonchev–Trinajstić information content (AvgIpc) is 2.72. The van der Waals surface area contributed by atoms with Gasteiger partial charge in [-0.05, 0) is 12.1 Å². The molecule has 0 unspecified atom stereocenters. The molecule has 0 aliphatic carbocycles. The van der Waals surface area contributed by atoms with Crippen LogP contribution in [0, 0.1) is 0 Å². The lowest BCUT2D eigenvalue weighted by Crippen LogP contribution is -2.50. The summed E-state index contributed by atoms with van der Waals surface area (Å²) >= 11 is 0. The molecule has 1 aliphatic rings. The van der Waals surface area contributed by atoms with Gasteiger partial charge in [0.25, 0.3) is 11.8 Å². The van der Waals surface area contributed by atoms with Gasteiger partial charge in [-0.15, -0.1) is 0 Å². The Morgan fingerprint density at radius 1 is 0.923 bits per heavy atom. The van der Waals surface area contributed by atoms with Crippen molar-refractivity contribution in [2.75, 3.05) is 40.4 Å². The van der Waals surface area contributed by atoms with E-state index in [-0.39, 0.29) is 11.8 Å². The Morgan fingerprint density at radius 2 is 1.50 bits per heavy atom. The van der Waals surface area contributed by atoms with Gasteiger partial charge in [-0.2, -0.15) is 0 Å². The Labute approximate surface area is 151 Å². The summed E-state index contributed by atoms with van der Waals surface area (Å²) in [6.45, 7) is 1.70. The molecule has 1 aromatic heterocycles. The van der Waals surface area contributed by atoms with Crippen molar-refractivity contribution in [3.8, 4) is 11.5 Å². The van der Waals surface area contributed by atoms with Gasteiger partial charge in [-0.3, -0.25) is 14.6 Å². The number of benzene rings is 1. The van der Waals surface area contributed by atoms with Gasteiger partial charge in [0.05, 0.1) is 20.4 Å². The van der Waals surface area contributed by atoms with Crippen molar-refractivity contribution in [3.05, 3.63) is 48.0 Å². The summed E-state index contributed by atoms with van der Waals surface area (Å²) in [7, 11) is 3.03. The van der Waals surface area contributed by atoms with Crippen LogP contribution in [0.2, 0.25) is 0 Å². The van der Waals surface area contributed by atoms with Crippen LogP contribution in [0.4, 0.5) is 0 Å². The summed E-state index contributed by atoms with van der Waals surface area (Å²) in [4.78, 5) is 36.7. The van der Waals surface area contributed by atoms with Gasteiger partial charge in [0.15, 0.2) is 0 Å². The van der Waals surface area contributed by atoms with E-state index in [1.165, 1.54) is 32.8 Å². The third-order valence-corrected chi connectivity index (χ3v) is 4.28. The lowest BCUT2D eigenvalue weighted by atomic mass is 10.1. The topological polar surface area (TPSA) is 84.9 Å². The van der Waals surface area contributed by atoms with Crippen LogP contribution in [-0.2, 0) is 0 Å². The second-order valence-electron chi connectivity index (χ2n) is 5.71. The molecule has 0 radical (unpaired) electrons. The standard InChI is InChI=1S/C18H20N4O4/c1-25-14-4-3-5-15(26-2)16(14)18(24)22-10-8-21(9-11-22)17(23)13-12-19-6-7-20-13/h3-7,12H,8-11H2,1-2H3. The molecular formula is C18H20N4O4. The van der Waals surface area contributed by atoms with Crippen molar-refractivity contribution < 1.29 is 19.1 Å². The van der Waals surface area contributed by atoms with Crippen molar-refractivity contribution >= 4 is 11.8 Å². The fourth-order valence-corrected chi connectivity index (χ4v) is 2.90. The van der Waals surface area contributed by atoms with Gasteiger partial charge >= 0.3 is 0 Å². The van der Waals surface area contributed by atoms with Gasteiger partial charge in [-0.25, -0.2) is 4.98 Å². The molecule has 2 aromatic rings. The molecule has 136 valence electrons. The van der Waals surface area contributed by atoms with Gasteiger partial charge in [0, 0.05) is 38.6 Å². The third kappa shape index (κ3) is 3.44. The average molecular weight is 356 g/mol. The van der Waals surface area contributed by atoms with Crippen LogP contribution in [0.25, 0.3) is 0 Å². The fourth-order valence-electron chi connectivity index (χ4n) is 2.90. The highest BCUT2D eigenvalue weighted by atomic mass is 16.5. The van der Waals surface area contributed by atoms with Crippen molar-refractivity contribution in [2.24, 2.45) is 0 Å². The number of nitrogens with zero attached hydrogens (tertiary/aromatic N) is 4.